The molecule has 0 unspecified atom stereocenters. The minimum absolute atomic E-state index is 0.131. The standard InChI is InChI=1S/C16H15N5O3/c1-10-12-5-3-4-6-13(12)15(23)21(20-10)9-14(22)19-16-17-7-11(24-2)8-18-16/h3-8H,9H2,1-2H3,(H,17,18,19,22). The van der Waals surface area contributed by atoms with Gasteiger partial charge in [0.05, 0.1) is 30.6 Å². The van der Waals surface area contributed by atoms with Crippen LogP contribution in [0.3, 0.4) is 0 Å². The van der Waals surface area contributed by atoms with Crippen molar-refractivity contribution in [3.63, 3.8) is 0 Å². The lowest BCUT2D eigenvalue weighted by Crippen LogP contribution is -2.30. The number of aromatic nitrogens is 4. The van der Waals surface area contributed by atoms with E-state index in [4.69, 9.17) is 4.74 Å². The van der Waals surface area contributed by atoms with Gasteiger partial charge in [0.25, 0.3) is 5.56 Å². The number of hydrogen-bond acceptors (Lipinski definition) is 6. The zero-order valence-electron chi connectivity index (χ0n) is 13.2. The number of rotatable bonds is 4. The van der Waals surface area contributed by atoms with Gasteiger partial charge >= 0.3 is 0 Å². The lowest BCUT2D eigenvalue weighted by atomic mass is 10.1. The van der Waals surface area contributed by atoms with Crippen molar-refractivity contribution >= 4 is 22.6 Å². The summed E-state index contributed by atoms with van der Waals surface area (Å²) in [6.07, 6.45) is 2.88. The zero-order valence-corrected chi connectivity index (χ0v) is 13.2. The number of carbonyl (C=O) groups excluding carboxylic acids is 1. The second kappa shape index (κ2) is 6.45. The molecule has 2 heterocycles. The Morgan fingerprint density at radius 1 is 1.21 bits per heavy atom. The first-order valence-electron chi connectivity index (χ1n) is 7.21. The first kappa shape index (κ1) is 15.6. The quantitative estimate of drug-likeness (QED) is 0.772. The van der Waals surface area contributed by atoms with Crippen molar-refractivity contribution in [3.8, 4) is 5.75 Å². The van der Waals surface area contributed by atoms with Crippen LogP contribution in [0, 0.1) is 6.92 Å². The first-order valence-corrected chi connectivity index (χ1v) is 7.21. The van der Waals surface area contributed by atoms with Gasteiger partial charge in [-0.05, 0) is 13.0 Å². The Bertz CT molecular complexity index is 950. The molecular formula is C16H15N5O3. The van der Waals surface area contributed by atoms with E-state index < -0.39 is 5.91 Å². The van der Waals surface area contributed by atoms with E-state index in [0.717, 1.165) is 10.1 Å². The summed E-state index contributed by atoms with van der Waals surface area (Å²) in [5.41, 5.74) is 0.362. The molecule has 1 N–H and O–H groups in total. The Morgan fingerprint density at radius 3 is 2.54 bits per heavy atom. The summed E-state index contributed by atoms with van der Waals surface area (Å²) in [5.74, 6) is 0.173. The number of anilines is 1. The zero-order chi connectivity index (χ0) is 17.1. The summed E-state index contributed by atoms with van der Waals surface area (Å²) in [6.45, 7) is 1.57. The van der Waals surface area contributed by atoms with Crippen LogP contribution < -0.4 is 15.6 Å². The number of amides is 1. The third-order valence-corrected chi connectivity index (χ3v) is 3.46. The number of benzene rings is 1. The Kier molecular flexibility index (Phi) is 4.19. The van der Waals surface area contributed by atoms with Crippen LogP contribution in [0.15, 0.2) is 41.5 Å². The van der Waals surface area contributed by atoms with Crippen LogP contribution in [0.1, 0.15) is 5.69 Å². The maximum atomic E-state index is 12.4. The molecule has 2 aromatic heterocycles. The summed E-state index contributed by atoms with van der Waals surface area (Å²) in [6, 6.07) is 7.16. The summed E-state index contributed by atoms with van der Waals surface area (Å²) in [5, 5.41) is 8.01. The van der Waals surface area contributed by atoms with Gasteiger partial charge < -0.3 is 4.74 Å². The van der Waals surface area contributed by atoms with Crippen LogP contribution in [0.5, 0.6) is 5.75 Å². The van der Waals surface area contributed by atoms with Crippen LogP contribution in [-0.4, -0.2) is 32.8 Å². The fraction of sp³-hybridized carbons (Fsp3) is 0.188. The molecule has 3 rings (SSSR count). The van der Waals surface area contributed by atoms with Gasteiger partial charge in [-0.3, -0.25) is 14.9 Å². The van der Waals surface area contributed by atoms with Gasteiger partial charge in [0.2, 0.25) is 11.9 Å². The molecule has 122 valence electrons. The van der Waals surface area contributed by atoms with Gasteiger partial charge in [-0.25, -0.2) is 14.6 Å². The molecule has 0 aliphatic heterocycles. The van der Waals surface area contributed by atoms with Crippen LogP contribution in [-0.2, 0) is 11.3 Å². The topological polar surface area (TPSA) is 99.0 Å². The molecule has 0 atom stereocenters. The second-order valence-electron chi connectivity index (χ2n) is 5.09. The van der Waals surface area contributed by atoms with Crippen molar-refractivity contribution in [3.05, 3.63) is 52.7 Å². The molecule has 0 aliphatic carbocycles. The minimum Gasteiger partial charge on any atom is -0.494 e. The van der Waals surface area contributed by atoms with E-state index in [-0.39, 0.29) is 18.1 Å². The average molecular weight is 325 g/mol. The monoisotopic (exact) mass is 325 g/mol. The Balaban J connectivity index is 1.82. The number of fused-ring (bicyclic) bond motifs is 1. The molecule has 1 amide bonds. The van der Waals surface area contributed by atoms with Gasteiger partial charge in [-0.2, -0.15) is 5.10 Å². The molecule has 8 nitrogen and oxygen atoms in total. The Labute approximate surface area is 137 Å². The highest BCUT2D eigenvalue weighted by Gasteiger charge is 2.11. The van der Waals surface area contributed by atoms with Crippen LogP contribution >= 0.6 is 0 Å². The fourth-order valence-corrected chi connectivity index (χ4v) is 2.30. The van der Waals surface area contributed by atoms with Crippen LogP contribution in [0.25, 0.3) is 10.8 Å². The minimum atomic E-state index is -0.440. The van der Waals surface area contributed by atoms with Crippen molar-refractivity contribution in [1.29, 1.82) is 0 Å². The van der Waals surface area contributed by atoms with E-state index >= 15 is 0 Å². The number of carbonyl (C=O) groups is 1. The highest BCUT2D eigenvalue weighted by molar-refractivity contribution is 5.89. The maximum absolute atomic E-state index is 12.4. The van der Waals surface area contributed by atoms with Crippen molar-refractivity contribution in [2.45, 2.75) is 13.5 Å². The molecule has 0 aliphatic rings. The fourth-order valence-electron chi connectivity index (χ4n) is 2.30. The molecule has 0 spiro atoms. The van der Waals surface area contributed by atoms with Crippen LogP contribution in [0.2, 0.25) is 0 Å². The molecule has 8 heteroatoms. The van der Waals surface area contributed by atoms with E-state index in [1.807, 2.05) is 12.1 Å². The Hall–Kier alpha value is -3.29. The van der Waals surface area contributed by atoms with Gasteiger partial charge in [0.15, 0.2) is 5.75 Å². The van der Waals surface area contributed by atoms with E-state index in [0.29, 0.717) is 16.8 Å². The van der Waals surface area contributed by atoms with Crippen molar-refractivity contribution < 1.29 is 9.53 Å². The van der Waals surface area contributed by atoms with Crippen LogP contribution in [0.4, 0.5) is 5.95 Å². The number of aryl methyl sites for hydroxylation is 1. The van der Waals surface area contributed by atoms with Gasteiger partial charge in [0.1, 0.15) is 6.54 Å². The molecule has 0 saturated heterocycles. The molecule has 24 heavy (non-hydrogen) atoms. The van der Waals surface area contributed by atoms with E-state index in [1.54, 1.807) is 19.1 Å². The predicted octanol–water partition coefficient (Wildman–Crippen LogP) is 1.14. The molecular weight excluding hydrogens is 310 g/mol. The average Bonchev–Trinajstić information content (AvgIpc) is 2.60. The number of nitrogens with one attached hydrogen (secondary N) is 1. The smallest absolute Gasteiger partial charge is 0.275 e. The van der Waals surface area contributed by atoms with Crippen molar-refractivity contribution in [2.75, 3.05) is 12.4 Å². The molecule has 0 radical (unpaired) electrons. The van der Waals surface area contributed by atoms with E-state index in [2.05, 4.69) is 20.4 Å². The summed E-state index contributed by atoms with van der Waals surface area (Å²) >= 11 is 0. The lowest BCUT2D eigenvalue weighted by Gasteiger charge is -2.08. The number of ether oxygens (including phenoxy) is 1. The molecule has 0 fully saturated rings. The highest BCUT2D eigenvalue weighted by Crippen LogP contribution is 2.12. The molecule has 0 saturated carbocycles. The van der Waals surface area contributed by atoms with E-state index in [9.17, 15) is 9.59 Å². The second-order valence-corrected chi connectivity index (χ2v) is 5.09. The SMILES string of the molecule is COc1cnc(NC(=O)Cn2nc(C)c3ccccc3c2=O)nc1. The van der Waals surface area contributed by atoms with Gasteiger partial charge in [-0.15, -0.1) is 0 Å². The third kappa shape index (κ3) is 3.07. The first-order chi connectivity index (χ1) is 11.6. The number of nitrogens with zero attached hydrogens (tertiary/aromatic N) is 4. The summed E-state index contributed by atoms with van der Waals surface area (Å²) in [4.78, 5) is 32.4. The highest BCUT2D eigenvalue weighted by atomic mass is 16.5. The van der Waals surface area contributed by atoms with Gasteiger partial charge in [-0.1, -0.05) is 18.2 Å². The van der Waals surface area contributed by atoms with E-state index in [1.165, 1.54) is 19.5 Å². The van der Waals surface area contributed by atoms with Crippen molar-refractivity contribution in [1.82, 2.24) is 19.7 Å². The normalized spacial score (nSPS) is 10.6. The molecule has 3 aromatic rings. The Morgan fingerprint density at radius 2 is 1.88 bits per heavy atom. The maximum Gasteiger partial charge on any atom is 0.275 e. The van der Waals surface area contributed by atoms with Gasteiger partial charge in [0, 0.05) is 5.39 Å². The third-order valence-electron chi connectivity index (χ3n) is 3.46. The summed E-state index contributed by atoms with van der Waals surface area (Å²) < 4.78 is 6.08. The van der Waals surface area contributed by atoms with Crippen molar-refractivity contribution in [2.24, 2.45) is 0 Å². The molecule has 0 bridgehead atoms. The summed E-state index contributed by atoms with van der Waals surface area (Å²) in [7, 11) is 1.50. The lowest BCUT2D eigenvalue weighted by molar-refractivity contribution is -0.117. The largest absolute Gasteiger partial charge is 0.494 e. The number of hydrogen-bond donors (Lipinski definition) is 1. The molecule has 1 aromatic carbocycles. The number of methoxy groups -OCH3 is 1. The predicted molar refractivity (Wildman–Crippen MR) is 88.0 cm³/mol.